The molecular weight excluding hydrogens is 240 g/mol. The van der Waals surface area contributed by atoms with Gasteiger partial charge in [-0.2, -0.15) is 0 Å². The molecule has 0 bridgehead atoms. The SMILES string of the molecule is CCNc1nnc(C(=O)N(C)C2CCOC2)s1. The molecule has 1 N–H and O–H groups in total. The van der Waals surface area contributed by atoms with Crippen molar-refractivity contribution < 1.29 is 9.53 Å². The van der Waals surface area contributed by atoms with Crippen LogP contribution in [0.1, 0.15) is 23.1 Å². The number of carbonyl (C=O) groups is 1. The molecule has 0 radical (unpaired) electrons. The Labute approximate surface area is 104 Å². The zero-order chi connectivity index (χ0) is 12.3. The minimum atomic E-state index is -0.0813. The normalized spacial score (nSPS) is 19.3. The molecule has 94 valence electrons. The summed E-state index contributed by atoms with van der Waals surface area (Å²) in [5.74, 6) is -0.0813. The van der Waals surface area contributed by atoms with Crippen LogP contribution in [-0.4, -0.2) is 53.9 Å². The summed E-state index contributed by atoms with van der Waals surface area (Å²) in [6, 6.07) is 0.161. The highest BCUT2D eigenvalue weighted by molar-refractivity contribution is 7.17. The van der Waals surface area contributed by atoms with E-state index in [0.717, 1.165) is 19.6 Å². The molecule has 0 aromatic carbocycles. The summed E-state index contributed by atoms with van der Waals surface area (Å²) in [4.78, 5) is 13.8. The minimum absolute atomic E-state index is 0.0813. The van der Waals surface area contributed by atoms with Gasteiger partial charge >= 0.3 is 0 Å². The number of likely N-dealkylation sites (N-methyl/N-ethyl adjacent to an activating group) is 1. The molecular formula is C10H16N4O2S. The summed E-state index contributed by atoms with van der Waals surface area (Å²) in [6.45, 7) is 4.09. The third kappa shape index (κ3) is 2.73. The van der Waals surface area contributed by atoms with E-state index < -0.39 is 0 Å². The number of ether oxygens (including phenoxy) is 1. The van der Waals surface area contributed by atoms with E-state index in [2.05, 4.69) is 15.5 Å². The van der Waals surface area contributed by atoms with Crippen molar-refractivity contribution in [2.45, 2.75) is 19.4 Å². The van der Waals surface area contributed by atoms with Gasteiger partial charge in [-0.1, -0.05) is 11.3 Å². The van der Waals surface area contributed by atoms with Crippen LogP contribution in [0.15, 0.2) is 0 Å². The number of amides is 1. The summed E-state index contributed by atoms with van der Waals surface area (Å²) < 4.78 is 5.27. The van der Waals surface area contributed by atoms with E-state index in [4.69, 9.17) is 4.74 Å². The van der Waals surface area contributed by atoms with Crippen molar-refractivity contribution in [1.82, 2.24) is 15.1 Å². The van der Waals surface area contributed by atoms with Crippen LogP contribution in [0.3, 0.4) is 0 Å². The molecule has 1 unspecified atom stereocenters. The van der Waals surface area contributed by atoms with E-state index in [1.807, 2.05) is 6.92 Å². The maximum Gasteiger partial charge on any atom is 0.284 e. The van der Waals surface area contributed by atoms with E-state index in [9.17, 15) is 4.79 Å². The molecule has 1 fully saturated rings. The van der Waals surface area contributed by atoms with Crippen LogP contribution >= 0.6 is 11.3 Å². The third-order valence-electron chi connectivity index (χ3n) is 2.71. The Morgan fingerprint density at radius 2 is 2.47 bits per heavy atom. The maximum absolute atomic E-state index is 12.1. The lowest BCUT2D eigenvalue weighted by Gasteiger charge is -2.21. The van der Waals surface area contributed by atoms with Crippen molar-refractivity contribution >= 4 is 22.4 Å². The van der Waals surface area contributed by atoms with E-state index in [1.54, 1.807) is 11.9 Å². The van der Waals surface area contributed by atoms with Crippen molar-refractivity contribution in [3.63, 3.8) is 0 Å². The highest BCUT2D eigenvalue weighted by atomic mass is 32.1. The van der Waals surface area contributed by atoms with Crippen molar-refractivity contribution in [1.29, 1.82) is 0 Å². The summed E-state index contributed by atoms with van der Waals surface area (Å²) in [5.41, 5.74) is 0. The molecule has 1 aromatic rings. The maximum atomic E-state index is 12.1. The predicted molar refractivity (Wildman–Crippen MR) is 65.4 cm³/mol. The van der Waals surface area contributed by atoms with E-state index in [1.165, 1.54) is 11.3 Å². The number of aromatic nitrogens is 2. The van der Waals surface area contributed by atoms with Crippen molar-refractivity contribution in [2.24, 2.45) is 0 Å². The van der Waals surface area contributed by atoms with Crippen LogP contribution in [0.4, 0.5) is 5.13 Å². The lowest BCUT2D eigenvalue weighted by atomic mass is 10.2. The molecule has 2 heterocycles. The fraction of sp³-hybridized carbons (Fsp3) is 0.700. The van der Waals surface area contributed by atoms with Crippen molar-refractivity contribution in [2.75, 3.05) is 32.1 Å². The number of rotatable bonds is 4. The van der Waals surface area contributed by atoms with Gasteiger partial charge in [0.15, 0.2) is 0 Å². The van der Waals surface area contributed by atoms with Crippen LogP contribution in [0.25, 0.3) is 0 Å². The third-order valence-corrected chi connectivity index (χ3v) is 3.58. The van der Waals surface area contributed by atoms with Gasteiger partial charge < -0.3 is 15.0 Å². The van der Waals surface area contributed by atoms with Crippen LogP contribution < -0.4 is 5.32 Å². The molecule has 1 saturated heterocycles. The summed E-state index contributed by atoms with van der Waals surface area (Å²) in [6.07, 6.45) is 0.890. The summed E-state index contributed by atoms with van der Waals surface area (Å²) in [5, 5.41) is 12.0. The van der Waals surface area contributed by atoms with Crippen molar-refractivity contribution in [3.05, 3.63) is 5.01 Å². The van der Waals surface area contributed by atoms with Crippen LogP contribution in [-0.2, 0) is 4.74 Å². The van der Waals surface area contributed by atoms with Gasteiger partial charge in [-0.3, -0.25) is 4.79 Å². The highest BCUT2D eigenvalue weighted by Gasteiger charge is 2.26. The number of hydrogen-bond donors (Lipinski definition) is 1. The molecule has 1 amide bonds. The lowest BCUT2D eigenvalue weighted by molar-refractivity contribution is 0.0710. The number of nitrogens with zero attached hydrogens (tertiary/aromatic N) is 3. The van der Waals surface area contributed by atoms with E-state index in [0.29, 0.717) is 16.7 Å². The predicted octanol–water partition coefficient (Wildman–Crippen LogP) is 0.831. The molecule has 1 aromatic heterocycles. The number of anilines is 1. The quantitative estimate of drug-likeness (QED) is 0.864. The van der Waals surface area contributed by atoms with Crippen molar-refractivity contribution in [3.8, 4) is 0 Å². The molecule has 1 atom stereocenters. The zero-order valence-electron chi connectivity index (χ0n) is 9.97. The first-order valence-corrected chi connectivity index (χ1v) is 6.46. The largest absolute Gasteiger partial charge is 0.379 e. The van der Waals surface area contributed by atoms with Gasteiger partial charge in [-0.15, -0.1) is 10.2 Å². The second-order valence-corrected chi connectivity index (χ2v) is 4.85. The van der Waals surface area contributed by atoms with Gasteiger partial charge in [-0.25, -0.2) is 0 Å². The van der Waals surface area contributed by atoms with Crippen LogP contribution in [0.5, 0.6) is 0 Å². The highest BCUT2D eigenvalue weighted by Crippen LogP contribution is 2.19. The van der Waals surface area contributed by atoms with Gasteiger partial charge in [0.1, 0.15) is 0 Å². The zero-order valence-corrected chi connectivity index (χ0v) is 10.8. The first-order chi connectivity index (χ1) is 8.22. The molecule has 1 aliphatic rings. The van der Waals surface area contributed by atoms with E-state index in [-0.39, 0.29) is 11.9 Å². The Balaban J connectivity index is 2.02. The summed E-state index contributed by atoms with van der Waals surface area (Å²) in [7, 11) is 1.79. The van der Waals surface area contributed by atoms with E-state index >= 15 is 0 Å². The second kappa shape index (κ2) is 5.42. The van der Waals surface area contributed by atoms with Crippen LogP contribution in [0, 0.1) is 0 Å². The van der Waals surface area contributed by atoms with Gasteiger partial charge in [0.05, 0.1) is 12.6 Å². The first kappa shape index (κ1) is 12.3. The molecule has 17 heavy (non-hydrogen) atoms. The minimum Gasteiger partial charge on any atom is -0.379 e. The van der Waals surface area contributed by atoms with Gasteiger partial charge in [-0.05, 0) is 13.3 Å². The van der Waals surface area contributed by atoms with Crippen LogP contribution in [0.2, 0.25) is 0 Å². The Kier molecular flexibility index (Phi) is 3.90. The second-order valence-electron chi connectivity index (χ2n) is 3.88. The Bertz CT molecular complexity index is 389. The molecule has 0 spiro atoms. The fourth-order valence-electron chi connectivity index (χ4n) is 1.68. The number of nitrogens with one attached hydrogen (secondary N) is 1. The smallest absolute Gasteiger partial charge is 0.284 e. The molecule has 7 heteroatoms. The van der Waals surface area contributed by atoms with Gasteiger partial charge in [0, 0.05) is 20.2 Å². The molecule has 2 rings (SSSR count). The Hall–Kier alpha value is -1.21. The number of hydrogen-bond acceptors (Lipinski definition) is 6. The standard InChI is InChI=1S/C10H16N4O2S/c1-3-11-10-13-12-8(17-10)9(15)14(2)7-4-5-16-6-7/h7H,3-6H2,1-2H3,(H,11,13). The average Bonchev–Trinajstić information content (AvgIpc) is 2.98. The Morgan fingerprint density at radius 3 is 3.12 bits per heavy atom. The monoisotopic (exact) mass is 256 g/mol. The topological polar surface area (TPSA) is 67.4 Å². The fourth-order valence-corrected chi connectivity index (χ4v) is 2.47. The number of carbonyl (C=O) groups excluding carboxylic acids is 1. The average molecular weight is 256 g/mol. The molecule has 1 aliphatic heterocycles. The lowest BCUT2D eigenvalue weighted by Crippen LogP contribution is -2.37. The summed E-state index contributed by atoms with van der Waals surface area (Å²) >= 11 is 1.29. The Morgan fingerprint density at radius 1 is 1.65 bits per heavy atom. The molecule has 0 saturated carbocycles. The molecule has 0 aliphatic carbocycles. The first-order valence-electron chi connectivity index (χ1n) is 5.64. The molecule has 6 nitrogen and oxygen atoms in total. The van der Waals surface area contributed by atoms with Gasteiger partial charge in [0.25, 0.3) is 5.91 Å². The van der Waals surface area contributed by atoms with Gasteiger partial charge in [0.2, 0.25) is 10.1 Å².